The summed E-state index contributed by atoms with van der Waals surface area (Å²) in [5, 5.41) is 2.87. The number of alkyl halides is 3. The molecule has 0 amide bonds. The number of fused-ring (bicyclic) bond motifs is 1. The molecule has 0 spiro atoms. The van der Waals surface area contributed by atoms with Crippen LogP contribution in [0.15, 0.2) is 57.7 Å². The number of benzene rings is 2. The van der Waals surface area contributed by atoms with Gasteiger partial charge in [0.15, 0.2) is 0 Å². The summed E-state index contributed by atoms with van der Waals surface area (Å²) in [5.41, 5.74) is -0.894. The molecule has 22 heavy (non-hydrogen) atoms. The summed E-state index contributed by atoms with van der Waals surface area (Å²) in [5.74, 6) is 0. The summed E-state index contributed by atoms with van der Waals surface area (Å²) >= 11 is 0. The number of rotatable bonds is 2. The molecule has 0 aliphatic heterocycles. The van der Waals surface area contributed by atoms with E-state index >= 15 is 0 Å². The number of nitrogens with zero attached hydrogens (tertiary/aromatic N) is 1. The molecule has 0 saturated carbocycles. The highest BCUT2D eigenvalue weighted by atomic mass is 19.4. The van der Waals surface area contributed by atoms with E-state index in [4.69, 9.17) is 4.42 Å². The van der Waals surface area contributed by atoms with Crippen LogP contribution in [0.5, 0.6) is 0 Å². The van der Waals surface area contributed by atoms with E-state index in [1.165, 1.54) is 12.1 Å². The summed E-state index contributed by atoms with van der Waals surface area (Å²) in [4.78, 5) is 15.9. The fraction of sp³-hybridized carbons (Fsp3) is 0.0667. The summed E-state index contributed by atoms with van der Waals surface area (Å²) < 4.78 is 42.9. The van der Waals surface area contributed by atoms with Crippen molar-refractivity contribution >= 4 is 22.6 Å². The largest absolute Gasteiger partial charge is 0.416 e. The molecule has 2 aromatic carbocycles. The Morgan fingerprint density at radius 2 is 1.82 bits per heavy atom. The number of aromatic nitrogens is 1. The van der Waals surface area contributed by atoms with Crippen LogP contribution in [0.25, 0.3) is 10.9 Å². The molecule has 0 bridgehead atoms. The van der Waals surface area contributed by atoms with Gasteiger partial charge in [0.2, 0.25) is 0 Å². The van der Waals surface area contributed by atoms with Gasteiger partial charge in [-0.25, -0.2) is 4.79 Å². The number of hydrogen-bond acceptors (Lipinski definition) is 4. The maximum atomic E-state index is 12.7. The molecule has 1 N–H and O–H groups in total. The van der Waals surface area contributed by atoms with Crippen molar-refractivity contribution in [3.05, 3.63) is 64.5 Å². The van der Waals surface area contributed by atoms with Crippen LogP contribution in [0.1, 0.15) is 5.56 Å². The van der Waals surface area contributed by atoms with Crippen LogP contribution >= 0.6 is 0 Å². The third kappa shape index (κ3) is 2.78. The number of hydrogen-bond donors (Lipinski definition) is 1. The predicted molar refractivity (Wildman–Crippen MR) is 75.0 cm³/mol. The highest BCUT2D eigenvalue weighted by Crippen LogP contribution is 2.31. The Bertz CT molecular complexity index is 888. The first-order valence-electron chi connectivity index (χ1n) is 6.28. The molecule has 0 fully saturated rings. The quantitative estimate of drug-likeness (QED) is 0.779. The average Bonchev–Trinajstić information content (AvgIpc) is 2.47. The zero-order chi connectivity index (χ0) is 15.7. The standard InChI is InChI=1S/C15H9F3N2O2/c16-15(17,18)9-4-3-5-10(8-9)19-14-20-12-7-2-1-6-11(12)13(21)22-14/h1-8H,(H,19,20). The SMILES string of the molecule is O=c1oc(Nc2cccc(C(F)(F)F)c2)nc2ccccc12. The van der Waals surface area contributed by atoms with Crippen LogP contribution < -0.4 is 10.9 Å². The Morgan fingerprint density at radius 1 is 1.05 bits per heavy atom. The van der Waals surface area contributed by atoms with Crippen molar-refractivity contribution in [3.8, 4) is 0 Å². The Morgan fingerprint density at radius 3 is 2.59 bits per heavy atom. The van der Waals surface area contributed by atoms with Crippen LogP contribution in [0, 0.1) is 0 Å². The predicted octanol–water partition coefficient (Wildman–Crippen LogP) is 3.95. The molecular formula is C15H9F3N2O2. The summed E-state index contributed by atoms with van der Waals surface area (Å²) in [6, 6.07) is 10.9. The lowest BCUT2D eigenvalue weighted by molar-refractivity contribution is -0.137. The van der Waals surface area contributed by atoms with Crippen LogP contribution in [0.3, 0.4) is 0 Å². The van der Waals surface area contributed by atoms with E-state index in [1.807, 2.05) is 0 Å². The fourth-order valence-corrected chi connectivity index (χ4v) is 1.97. The van der Waals surface area contributed by atoms with Crippen LogP contribution in [-0.2, 0) is 6.18 Å². The van der Waals surface area contributed by atoms with E-state index in [9.17, 15) is 18.0 Å². The lowest BCUT2D eigenvalue weighted by Gasteiger charge is -2.09. The van der Waals surface area contributed by atoms with Gasteiger partial charge in [-0.2, -0.15) is 18.2 Å². The van der Waals surface area contributed by atoms with E-state index < -0.39 is 17.4 Å². The molecule has 112 valence electrons. The van der Waals surface area contributed by atoms with Gasteiger partial charge in [-0.3, -0.25) is 0 Å². The molecule has 0 atom stereocenters. The smallest absolute Gasteiger partial charge is 0.388 e. The topological polar surface area (TPSA) is 55.1 Å². The monoisotopic (exact) mass is 306 g/mol. The molecule has 0 saturated heterocycles. The van der Waals surface area contributed by atoms with Crippen LogP contribution in [-0.4, -0.2) is 4.98 Å². The van der Waals surface area contributed by atoms with Crippen molar-refractivity contribution in [3.63, 3.8) is 0 Å². The minimum absolute atomic E-state index is 0.126. The van der Waals surface area contributed by atoms with Crippen molar-refractivity contribution in [2.45, 2.75) is 6.18 Å². The van der Waals surface area contributed by atoms with Crippen LogP contribution in [0.2, 0.25) is 0 Å². The highest BCUT2D eigenvalue weighted by molar-refractivity contribution is 5.77. The number of halogens is 3. The molecule has 0 aliphatic carbocycles. The molecule has 4 nitrogen and oxygen atoms in total. The third-order valence-electron chi connectivity index (χ3n) is 2.98. The van der Waals surface area contributed by atoms with Gasteiger partial charge in [0.25, 0.3) is 0 Å². The second kappa shape index (κ2) is 5.18. The highest BCUT2D eigenvalue weighted by Gasteiger charge is 2.30. The number of para-hydroxylation sites is 1. The van der Waals surface area contributed by atoms with Gasteiger partial charge in [0.05, 0.1) is 16.5 Å². The molecule has 1 aromatic heterocycles. The van der Waals surface area contributed by atoms with E-state index in [2.05, 4.69) is 10.3 Å². The molecule has 3 rings (SSSR count). The fourth-order valence-electron chi connectivity index (χ4n) is 1.97. The van der Waals surface area contributed by atoms with Crippen molar-refractivity contribution in [2.24, 2.45) is 0 Å². The first-order valence-corrected chi connectivity index (χ1v) is 6.28. The Balaban J connectivity index is 1.98. The number of anilines is 2. The Kier molecular flexibility index (Phi) is 3.32. The second-order valence-corrected chi connectivity index (χ2v) is 4.53. The van der Waals surface area contributed by atoms with E-state index in [0.29, 0.717) is 10.9 Å². The lowest BCUT2D eigenvalue weighted by atomic mass is 10.2. The average molecular weight is 306 g/mol. The maximum absolute atomic E-state index is 12.7. The summed E-state index contributed by atoms with van der Waals surface area (Å²) in [6.07, 6.45) is -4.45. The molecule has 3 aromatic rings. The van der Waals surface area contributed by atoms with E-state index in [1.54, 1.807) is 24.3 Å². The zero-order valence-corrected chi connectivity index (χ0v) is 11.0. The minimum Gasteiger partial charge on any atom is -0.388 e. The first-order chi connectivity index (χ1) is 10.4. The summed E-state index contributed by atoms with van der Waals surface area (Å²) in [7, 11) is 0. The van der Waals surface area contributed by atoms with Gasteiger partial charge in [-0.05, 0) is 30.3 Å². The molecule has 0 radical (unpaired) electrons. The zero-order valence-electron chi connectivity index (χ0n) is 11.0. The van der Waals surface area contributed by atoms with Gasteiger partial charge in [0.1, 0.15) is 0 Å². The Hall–Kier alpha value is -2.83. The van der Waals surface area contributed by atoms with Crippen molar-refractivity contribution in [2.75, 3.05) is 5.32 Å². The van der Waals surface area contributed by atoms with Crippen molar-refractivity contribution in [1.82, 2.24) is 4.98 Å². The van der Waals surface area contributed by atoms with E-state index in [0.717, 1.165) is 12.1 Å². The first kappa shape index (κ1) is 14.1. The van der Waals surface area contributed by atoms with Gasteiger partial charge < -0.3 is 9.73 Å². The van der Waals surface area contributed by atoms with Crippen LogP contribution in [0.4, 0.5) is 24.9 Å². The third-order valence-corrected chi connectivity index (χ3v) is 2.98. The van der Waals surface area contributed by atoms with E-state index in [-0.39, 0.29) is 11.7 Å². The molecule has 1 heterocycles. The normalized spacial score (nSPS) is 11.6. The van der Waals surface area contributed by atoms with Gasteiger partial charge in [-0.15, -0.1) is 0 Å². The minimum atomic E-state index is -4.45. The van der Waals surface area contributed by atoms with Gasteiger partial charge >= 0.3 is 17.8 Å². The molecular weight excluding hydrogens is 297 g/mol. The molecule has 0 unspecified atom stereocenters. The Labute approximate surface area is 122 Å². The molecule has 0 aliphatic rings. The number of nitrogens with one attached hydrogen (secondary N) is 1. The maximum Gasteiger partial charge on any atom is 0.416 e. The van der Waals surface area contributed by atoms with Crippen molar-refractivity contribution in [1.29, 1.82) is 0 Å². The summed E-state index contributed by atoms with van der Waals surface area (Å²) in [6.45, 7) is 0. The van der Waals surface area contributed by atoms with Crippen molar-refractivity contribution < 1.29 is 17.6 Å². The van der Waals surface area contributed by atoms with Gasteiger partial charge in [-0.1, -0.05) is 18.2 Å². The van der Waals surface area contributed by atoms with Gasteiger partial charge in [0, 0.05) is 5.69 Å². The molecule has 7 heteroatoms. The second-order valence-electron chi connectivity index (χ2n) is 4.53. The lowest BCUT2D eigenvalue weighted by Crippen LogP contribution is -2.07.